The lowest BCUT2D eigenvalue weighted by Crippen LogP contribution is -2.43. The lowest BCUT2D eigenvalue weighted by atomic mass is 9.85. The van der Waals surface area contributed by atoms with E-state index in [4.69, 9.17) is 4.74 Å². The molecule has 1 heterocycles. The second kappa shape index (κ2) is 9.71. The number of nitrogens with zero attached hydrogens (tertiary/aromatic N) is 1. The van der Waals surface area contributed by atoms with Gasteiger partial charge in [-0.05, 0) is 44.7 Å². The van der Waals surface area contributed by atoms with Gasteiger partial charge in [0, 0.05) is 31.6 Å². The number of hydrogen-bond acceptors (Lipinski definition) is 4. The minimum absolute atomic E-state index is 0.00355. The first-order valence-electron chi connectivity index (χ1n) is 10.9. The molecule has 2 rings (SSSR count). The van der Waals surface area contributed by atoms with Crippen LogP contribution in [0.25, 0.3) is 0 Å². The van der Waals surface area contributed by atoms with Gasteiger partial charge in [0.25, 0.3) is 5.91 Å². The molecule has 0 spiro atoms. The Morgan fingerprint density at radius 2 is 1.74 bits per heavy atom. The molecular weight excluding hydrogens is 394 g/mol. The van der Waals surface area contributed by atoms with Gasteiger partial charge in [-0.1, -0.05) is 38.5 Å². The van der Waals surface area contributed by atoms with E-state index in [2.05, 4.69) is 37.5 Å². The summed E-state index contributed by atoms with van der Waals surface area (Å²) in [5.74, 6) is -0.0347. The lowest BCUT2D eigenvalue weighted by Gasteiger charge is -2.31. The Hall–Kier alpha value is -2.57. The highest BCUT2D eigenvalue weighted by molar-refractivity contribution is 5.89. The Bertz CT molecular complexity index is 821. The maximum Gasteiger partial charge on any atom is 0.258 e. The summed E-state index contributed by atoms with van der Waals surface area (Å²) in [7, 11) is 0. The van der Waals surface area contributed by atoms with Crippen molar-refractivity contribution in [2.24, 2.45) is 5.92 Å². The summed E-state index contributed by atoms with van der Waals surface area (Å²) >= 11 is 0. The number of carbonyl (C=O) groups excluding carboxylic acids is 3. The van der Waals surface area contributed by atoms with Gasteiger partial charge in [0.1, 0.15) is 5.75 Å². The molecule has 1 atom stereocenters. The van der Waals surface area contributed by atoms with Crippen LogP contribution < -0.4 is 15.4 Å². The predicted molar refractivity (Wildman–Crippen MR) is 121 cm³/mol. The zero-order valence-electron chi connectivity index (χ0n) is 19.9. The van der Waals surface area contributed by atoms with Crippen molar-refractivity contribution in [1.82, 2.24) is 15.5 Å². The summed E-state index contributed by atoms with van der Waals surface area (Å²) in [5, 5.41) is 5.56. The molecule has 1 aromatic carbocycles. The Morgan fingerprint density at radius 1 is 1.10 bits per heavy atom. The Morgan fingerprint density at radius 3 is 2.32 bits per heavy atom. The van der Waals surface area contributed by atoms with Crippen LogP contribution in [0.4, 0.5) is 0 Å². The molecule has 1 unspecified atom stereocenters. The molecule has 1 aliphatic heterocycles. The normalized spacial score (nSPS) is 16.9. The number of hydrogen-bond donors (Lipinski definition) is 2. The minimum Gasteiger partial charge on any atom is -0.483 e. The van der Waals surface area contributed by atoms with Gasteiger partial charge in [0.2, 0.25) is 11.8 Å². The molecule has 3 amide bonds. The second-order valence-corrected chi connectivity index (χ2v) is 10.3. The van der Waals surface area contributed by atoms with Crippen LogP contribution in [0.2, 0.25) is 0 Å². The summed E-state index contributed by atoms with van der Waals surface area (Å²) in [6.07, 6.45) is 0.232. The van der Waals surface area contributed by atoms with Gasteiger partial charge in [-0.2, -0.15) is 0 Å². The quantitative estimate of drug-likeness (QED) is 0.650. The third kappa shape index (κ3) is 6.97. The van der Waals surface area contributed by atoms with E-state index in [1.165, 1.54) is 0 Å². The van der Waals surface area contributed by atoms with Crippen LogP contribution in [0.5, 0.6) is 5.75 Å². The number of nitrogens with one attached hydrogen (secondary N) is 2. The third-order valence-corrected chi connectivity index (χ3v) is 5.35. The molecule has 2 N–H and O–H groups in total. The fourth-order valence-corrected chi connectivity index (χ4v) is 3.61. The number of carbonyl (C=O) groups is 3. The molecular formula is C24H37N3O4. The van der Waals surface area contributed by atoms with E-state index in [9.17, 15) is 14.4 Å². The topological polar surface area (TPSA) is 87.7 Å². The first-order chi connectivity index (χ1) is 14.3. The van der Waals surface area contributed by atoms with Crippen LogP contribution in [-0.2, 0) is 19.8 Å². The summed E-state index contributed by atoms with van der Waals surface area (Å²) in [4.78, 5) is 38.4. The molecule has 1 aromatic rings. The minimum atomic E-state index is -0.344. The number of aryl methyl sites for hydroxylation is 1. The van der Waals surface area contributed by atoms with Crippen molar-refractivity contribution in [3.05, 3.63) is 29.3 Å². The van der Waals surface area contributed by atoms with E-state index in [1.54, 1.807) is 4.90 Å². The molecule has 0 aliphatic carbocycles. The smallest absolute Gasteiger partial charge is 0.258 e. The Labute approximate surface area is 185 Å². The van der Waals surface area contributed by atoms with Crippen molar-refractivity contribution in [3.8, 4) is 5.75 Å². The van der Waals surface area contributed by atoms with Gasteiger partial charge in [-0.3, -0.25) is 14.4 Å². The molecule has 1 aliphatic rings. The third-order valence-electron chi connectivity index (χ3n) is 5.35. The highest BCUT2D eigenvalue weighted by Gasteiger charge is 2.39. The molecule has 0 aromatic heterocycles. The summed E-state index contributed by atoms with van der Waals surface area (Å²) in [6, 6.07) is 5.94. The van der Waals surface area contributed by atoms with E-state index in [-0.39, 0.29) is 47.6 Å². The van der Waals surface area contributed by atoms with Crippen molar-refractivity contribution in [2.45, 2.75) is 65.8 Å². The Balaban J connectivity index is 1.74. The highest BCUT2D eigenvalue weighted by Crippen LogP contribution is 2.32. The maximum absolute atomic E-state index is 12.4. The maximum atomic E-state index is 12.4. The van der Waals surface area contributed by atoms with Crippen molar-refractivity contribution in [3.63, 3.8) is 0 Å². The van der Waals surface area contributed by atoms with Gasteiger partial charge in [-0.15, -0.1) is 0 Å². The van der Waals surface area contributed by atoms with E-state index in [0.717, 1.165) is 11.1 Å². The summed E-state index contributed by atoms with van der Waals surface area (Å²) < 4.78 is 5.75. The van der Waals surface area contributed by atoms with E-state index in [1.807, 2.05) is 39.8 Å². The van der Waals surface area contributed by atoms with E-state index < -0.39 is 0 Å². The van der Waals surface area contributed by atoms with Crippen molar-refractivity contribution >= 4 is 17.7 Å². The summed E-state index contributed by atoms with van der Waals surface area (Å²) in [5.41, 5.74) is 1.83. The van der Waals surface area contributed by atoms with Crippen molar-refractivity contribution in [2.75, 3.05) is 26.2 Å². The SMILES string of the molecule is Cc1ccc(OCC(=O)NCCNC(=O)C2CC(=O)N(C(C)(C)C)C2)c(C(C)(C)C)c1. The summed E-state index contributed by atoms with van der Waals surface area (Å²) in [6.45, 7) is 15.2. The average molecular weight is 432 g/mol. The number of rotatable bonds is 7. The van der Waals surface area contributed by atoms with E-state index in [0.29, 0.717) is 25.4 Å². The average Bonchev–Trinajstić information content (AvgIpc) is 3.05. The molecule has 7 heteroatoms. The standard InChI is InChI=1S/C24H37N3O4/c1-16-8-9-19(18(12-16)23(2,3)4)31-15-20(28)25-10-11-26-22(30)17-13-21(29)27(14-17)24(5,6)7/h8-9,12,17H,10-11,13-15H2,1-7H3,(H,25,28)(H,26,30). The van der Waals surface area contributed by atoms with Gasteiger partial charge in [0.05, 0.1) is 5.92 Å². The fourth-order valence-electron chi connectivity index (χ4n) is 3.61. The van der Waals surface area contributed by atoms with Gasteiger partial charge >= 0.3 is 0 Å². The molecule has 0 saturated carbocycles. The van der Waals surface area contributed by atoms with Crippen LogP contribution in [0.3, 0.4) is 0 Å². The van der Waals surface area contributed by atoms with Crippen molar-refractivity contribution in [1.29, 1.82) is 0 Å². The number of benzene rings is 1. The lowest BCUT2D eigenvalue weighted by molar-refractivity contribution is -0.132. The monoisotopic (exact) mass is 431 g/mol. The van der Waals surface area contributed by atoms with Crippen LogP contribution in [0.1, 0.15) is 59.1 Å². The van der Waals surface area contributed by atoms with E-state index >= 15 is 0 Å². The van der Waals surface area contributed by atoms with Gasteiger partial charge < -0.3 is 20.3 Å². The second-order valence-electron chi connectivity index (χ2n) is 10.3. The van der Waals surface area contributed by atoms with Gasteiger partial charge in [-0.25, -0.2) is 0 Å². The predicted octanol–water partition coefficient (Wildman–Crippen LogP) is 2.55. The molecule has 7 nitrogen and oxygen atoms in total. The molecule has 1 fully saturated rings. The number of likely N-dealkylation sites (tertiary alicyclic amines) is 1. The largest absolute Gasteiger partial charge is 0.483 e. The first kappa shape index (κ1) is 24.7. The zero-order valence-corrected chi connectivity index (χ0v) is 19.9. The molecule has 0 radical (unpaired) electrons. The first-order valence-corrected chi connectivity index (χ1v) is 10.9. The fraction of sp³-hybridized carbons (Fsp3) is 0.625. The van der Waals surface area contributed by atoms with Crippen LogP contribution in [0.15, 0.2) is 18.2 Å². The highest BCUT2D eigenvalue weighted by atomic mass is 16.5. The molecule has 1 saturated heterocycles. The van der Waals surface area contributed by atoms with Crippen LogP contribution in [-0.4, -0.2) is 54.4 Å². The molecule has 172 valence electrons. The number of amides is 3. The number of ether oxygens (including phenoxy) is 1. The van der Waals surface area contributed by atoms with Gasteiger partial charge in [0.15, 0.2) is 6.61 Å². The van der Waals surface area contributed by atoms with Crippen LogP contribution in [0, 0.1) is 12.8 Å². The van der Waals surface area contributed by atoms with Crippen molar-refractivity contribution < 1.29 is 19.1 Å². The zero-order chi connectivity index (χ0) is 23.4. The van der Waals surface area contributed by atoms with Crippen LogP contribution >= 0.6 is 0 Å². The molecule has 0 bridgehead atoms. The Kier molecular flexibility index (Phi) is 7.73. The molecule has 31 heavy (non-hydrogen) atoms.